The molecule has 2 fully saturated rings. The van der Waals surface area contributed by atoms with Gasteiger partial charge in [0.2, 0.25) is 0 Å². The average molecular weight is 388 g/mol. The predicted octanol–water partition coefficient (Wildman–Crippen LogP) is 4.62. The number of nitrogens with zero attached hydrogens (tertiary/aromatic N) is 3. The number of thiocarbonyl (C=S) groups is 1. The molecule has 0 N–H and O–H groups in total. The lowest BCUT2D eigenvalue weighted by molar-refractivity contribution is 0.248. The summed E-state index contributed by atoms with van der Waals surface area (Å²) in [5.74, 6) is 0. The molecule has 2 aliphatic heterocycles. The van der Waals surface area contributed by atoms with Gasteiger partial charge in [0.1, 0.15) is 0 Å². The summed E-state index contributed by atoms with van der Waals surface area (Å²) in [6, 6.07) is 8.98. The minimum absolute atomic E-state index is 1.13. The number of benzene rings is 1. The fourth-order valence-electron chi connectivity index (χ4n) is 4.20. The maximum Gasteiger partial charge on any atom is 0.0779 e. The van der Waals surface area contributed by atoms with Crippen LogP contribution in [-0.4, -0.2) is 60.6 Å². The van der Waals surface area contributed by atoms with Crippen molar-refractivity contribution in [2.24, 2.45) is 0 Å². The van der Waals surface area contributed by atoms with E-state index in [0.29, 0.717) is 0 Å². The number of piperazine rings is 1. The zero-order valence-corrected chi connectivity index (χ0v) is 17.2. The number of anilines is 1. The highest BCUT2D eigenvalue weighted by atomic mass is 32.1. The largest absolute Gasteiger partial charge is 0.368 e. The van der Waals surface area contributed by atoms with Crippen LogP contribution in [0.4, 0.5) is 5.69 Å². The molecule has 3 nitrogen and oxygen atoms in total. The van der Waals surface area contributed by atoms with Gasteiger partial charge in [-0.25, -0.2) is 0 Å². The van der Waals surface area contributed by atoms with Crippen LogP contribution in [0.25, 0.3) is 10.1 Å². The van der Waals surface area contributed by atoms with E-state index in [4.69, 9.17) is 12.2 Å². The van der Waals surface area contributed by atoms with Gasteiger partial charge in [0.25, 0.3) is 0 Å². The zero-order chi connectivity index (χ0) is 17.8. The van der Waals surface area contributed by atoms with Crippen LogP contribution < -0.4 is 4.90 Å². The van der Waals surface area contributed by atoms with Gasteiger partial charge in [-0.2, -0.15) is 0 Å². The average Bonchev–Trinajstić information content (AvgIpc) is 3.16. The van der Waals surface area contributed by atoms with Crippen molar-refractivity contribution in [2.45, 2.75) is 32.1 Å². The fraction of sp³-hybridized carbons (Fsp3) is 0.571. The third kappa shape index (κ3) is 4.21. The first kappa shape index (κ1) is 18.2. The molecule has 0 radical (unpaired) electrons. The topological polar surface area (TPSA) is 9.72 Å². The maximum absolute atomic E-state index is 5.50. The highest BCUT2D eigenvalue weighted by Gasteiger charge is 2.19. The van der Waals surface area contributed by atoms with Crippen molar-refractivity contribution < 1.29 is 0 Å². The lowest BCUT2D eigenvalue weighted by Gasteiger charge is -2.36. The summed E-state index contributed by atoms with van der Waals surface area (Å²) < 4.78 is 1.40. The Kier molecular flexibility index (Phi) is 6.08. The molecule has 0 saturated carbocycles. The molecule has 4 rings (SSSR count). The Morgan fingerprint density at radius 2 is 1.77 bits per heavy atom. The number of rotatable bonds is 6. The van der Waals surface area contributed by atoms with Crippen LogP contribution in [0.2, 0.25) is 0 Å². The molecule has 2 aliphatic rings. The maximum atomic E-state index is 5.50. The first-order valence-electron chi connectivity index (χ1n) is 10.0. The molecule has 0 amide bonds. The molecule has 0 bridgehead atoms. The second-order valence-electron chi connectivity index (χ2n) is 7.48. The van der Waals surface area contributed by atoms with E-state index in [9.17, 15) is 0 Å². The molecule has 26 heavy (non-hydrogen) atoms. The molecule has 1 aromatic heterocycles. The van der Waals surface area contributed by atoms with Crippen LogP contribution in [0.3, 0.4) is 0 Å². The second kappa shape index (κ2) is 8.68. The summed E-state index contributed by atoms with van der Waals surface area (Å²) in [6.07, 6.45) is 6.31. The van der Waals surface area contributed by atoms with E-state index >= 15 is 0 Å². The quantitative estimate of drug-likeness (QED) is 0.528. The van der Waals surface area contributed by atoms with E-state index in [1.54, 1.807) is 0 Å². The molecule has 0 atom stereocenters. The first-order valence-corrected chi connectivity index (χ1v) is 11.3. The number of thiophene rings is 1. The number of piperidine rings is 1. The number of unbranched alkanes of at least 4 members (excludes halogenated alkanes) is 1. The molecule has 2 saturated heterocycles. The Morgan fingerprint density at radius 1 is 0.923 bits per heavy atom. The summed E-state index contributed by atoms with van der Waals surface area (Å²) in [5.41, 5.74) is 1.42. The monoisotopic (exact) mass is 387 g/mol. The predicted molar refractivity (Wildman–Crippen MR) is 118 cm³/mol. The molecule has 0 unspecified atom stereocenters. The van der Waals surface area contributed by atoms with E-state index in [-0.39, 0.29) is 0 Å². The van der Waals surface area contributed by atoms with Crippen LogP contribution in [-0.2, 0) is 0 Å². The lowest BCUT2D eigenvalue weighted by Crippen LogP contribution is -2.46. The lowest BCUT2D eigenvalue weighted by atomic mass is 10.1. The van der Waals surface area contributed by atoms with Crippen molar-refractivity contribution >= 4 is 44.3 Å². The second-order valence-corrected chi connectivity index (χ2v) is 8.90. The Balaban J connectivity index is 1.20. The first-order chi connectivity index (χ1) is 12.8. The van der Waals surface area contributed by atoms with Crippen LogP contribution in [0.1, 0.15) is 32.1 Å². The Morgan fingerprint density at radius 3 is 2.62 bits per heavy atom. The number of hydrogen-bond donors (Lipinski definition) is 0. The molecular weight excluding hydrogens is 358 g/mol. The summed E-state index contributed by atoms with van der Waals surface area (Å²) in [7, 11) is 0. The van der Waals surface area contributed by atoms with Gasteiger partial charge in [-0.05, 0) is 62.2 Å². The van der Waals surface area contributed by atoms with Gasteiger partial charge >= 0.3 is 0 Å². The van der Waals surface area contributed by atoms with Crippen molar-refractivity contribution in [2.75, 3.05) is 50.7 Å². The van der Waals surface area contributed by atoms with E-state index < -0.39 is 0 Å². The van der Waals surface area contributed by atoms with Crippen LogP contribution in [0.5, 0.6) is 0 Å². The summed E-state index contributed by atoms with van der Waals surface area (Å²) in [6.45, 7) is 8.24. The summed E-state index contributed by atoms with van der Waals surface area (Å²) in [5, 5.41) is 3.63. The number of hydrogen-bond acceptors (Lipinski definition) is 4. The van der Waals surface area contributed by atoms with E-state index in [0.717, 1.165) is 19.5 Å². The molecule has 1 aromatic carbocycles. The van der Waals surface area contributed by atoms with Gasteiger partial charge < -0.3 is 9.80 Å². The highest BCUT2D eigenvalue weighted by Crippen LogP contribution is 2.31. The van der Waals surface area contributed by atoms with E-state index in [1.807, 2.05) is 11.3 Å². The third-order valence-corrected chi connectivity index (χ3v) is 7.10. The standard InChI is InChI=1S/C21H29N3S2/c25-21-8-1-2-11-24(21)12-4-3-10-22-13-15-23(16-14-22)19-6-5-7-20-18(19)9-17-26-20/h5-7,9,17H,1-4,8,10-16H2. The van der Waals surface area contributed by atoms with Crippen LogP contribution >= 0.6 is 23.6 Å². The van der Waals surface area contributed by atoms with Crippen molar-refractivity contribution in [3.8, 4) is 0 Å². The highest BCUT2D eigenvalue weighted by molar-refractivity contribution is 7.80. The molecule has 2 aromatic rings. The van der Waals surface area contributed by atoms with Gasteiger partial charge in [0, 0.05) is 55.0 Å². The SMILES string of the molecule is S=C1CCCCN1CCCCN1CCN(c2cccc3sccc23)CC1. The smallest absolute Gasteiger partial charge is 0.0779 e. The number of likely N-dealkylation sites (tertiary alicyclic amines) is 1. The van der Waals surface area contributed by atoms with Crippen molar-refractivity contribution in [1.82, 2.24) is 9.80 Å². The van der Waals surface area contributed by atoms with Gasteiger partial charge in [-0.1, -0.05) is 18.3 Å². The van der Waals surface area contributed by atoms with Gasteiger partial charge in [-0.15, -0.1) is 11.3 Å². The molecular formula is C21H29N3S2. The Bertz CT molecular complexity index is 734. The molecule has 0 aliphatic carbocycles. The molecule has 0 spiro atoms. The van der Waals surface area contributed by atoms with Gasteiger partial charge in [0.15, 0.2) is 0 Å². The Hall–Kier alpha value is -1.17. The Labute approximate surface area is 166 Å². The minimum Gasteiger partial charge on any atom is -0.368 e. The van der Waals surface area contributed by atoms with Crippen LogP contribution in [0.15, 0.2) is 29.6 Å². The zero-order valence-electron chi connectivity index (χ0n) is 15.5. The van der Waals surface area contributed by atoms with E-state index in [2.05, 4.69) is 44.3 Å². The number of fused-ring (bicyclic) bond motifs is 1. The van der Waals surface area contributed by atoms with Crippen molar-refractivity contribution in [1.29, 1.82) is 0 Å². The summed E-state index contributed by atoms with van der Waals surface area (Å²) in [4.78, 5) is 8.85. The normalized spacial score (nSPS) is 19.5. The molecule has 3 heterocycles. The minimum atomic E-state index is 1.13. The molecule has 5 heteroatoms. The third-order valence-electron chi connectivity index (χ3n) is 5.76. The van der Waals surface area contributed by atoms with Crippen LogP contribution in [0, 0.1) is 0 Å². The van der Waals surface area contributed by atoms with Crippen molar-refractivity contribution in [3.05, 3.63) is 29.6 Å². The van der Waals surface area contributed by atoms with Gasteiger partial charge in [-0.3, -0.25) is 4.90 Å². The summed E-state index contributed by atoms with van der Waals surface area (Å²) >= 11 is 7.34. The molecule has 140 valence electrons. The van der Waals surface area contributed by atoms with Gasteiger partial charge in [0.05, 0.1) is 4.99 Å². The van der Waals surface area contributed by atoms with E-state index in [1.165, 1.54) is 79.2 Å². The van der Waals surface area contributed by atoms with Crippen molar-refractivity contribution in [3.63, 3.8) is 0 Å². The fourth-order valence-corrected chi connectivity index (χ4v) is 5.34.